The third kappa shape index (κ3) is 2.64. The van der Waals surface area contributed by atoms with Crippen molar-refractivity contribution in [2.75, 3.05) is 0 Å². The number of aromatic carboxylic acids is 1. The highest BCUT2D eigenvalue weighted by Gasteiger charge is 2.17. The highest BCUT2D eigenvalue weighted by atomic mass is 35.5. The highest BCUT2D eigenvalue weighted by Crippen LogP contribution is 2.31. The van der Waals surface area contributed by atoms with E-state index in [0.717, 1.165) is 12.1 Å². The Bertz CT molecular complexity index is 957. The number of carboxylic acids is 1. The quantitative estimate of drug-likeness (QED) is 0.730. The van der Waals surface area contributed by atoms with E-state index in [1.54, 1.807) is 19.1 Å². The maximum Gasteiger partial charge on any atom is 0.336 e. The second-order valence-electron chi connectivity index (χ2n) is 5.05. The molecule has 3 aromatic rings. The van der Waals surface area contributed by atoms with Crippen LogP contribution in [0.15, 0.2) is 36.4 Å². The van der Waals surface area contributed by atoms with Crippen LogP contribution in [0.2, 0.25) is 5.02 Å². The number of hydrogen-bond donors (Lipinski definition) is 1. The molecule has 0 amide bonds. The van der Waals surface area contributed by atoms with Crippen LogP contribution in [0.3, 0.4) is 0 Å². The van der Waals surface area contributed by atoms with Gasteiger partial charge in [0.1, 0.15) is 11.6 Å². The standard InChI is InChI=1S/C17H10ClF2NO2/c1-8-13(18)5-4-10-12(17(22)23)7-15(21-16(8)10)11-3-2-9(19)6-14(11)20/h2-7H,1H3,(H,22,23). The molecule has 1 heterocycles. The van der Waals surface area contributed by atoms with Crippen LogP contribution < -0.4 is 0 Å². The number of rotatable bonds is 2. The maximum absolute atomic E-state index is 14.0. The predicted molar refractivity (Wildman–Crippen MR) is 83.8 cm³/mol. The summed E-state index contributed by atoms with van der Waals surface area (Å²) in [5, 5.41) is 10.3. The molecule has 23 heavy (non-hydrogen) atoms. The minimum Gasteiger partial charge on any atom is -0.478 e. The Labute approximate surface area is 135 Å². The lowest BCUT2D eigenvalue weighted by molar-refractivity contribution is 0.0699. The van der Waals surface area contributed by atoms with Crippen molar-refractivity contribution >= 4 is 28.5 Å². The number of benzene rings is 2. The number of nitrogens with zero attached hydrogens (tertiary/aromatic N) is 1. The Hall–Kier alpha value is -2.53. The smallest absolute Gasteiger partial charge is 0.336 e. The zero-order chi connectivity index (χ0) is 16.7. The summed E-state index contributed by atoms with van der Waals surface area (Å²) >= 11 is 6.06. The first-order valence-electron chi connectivity index (χ1n) is 6.67. The largest absolute Gasteiger partial charge is 0.478 e. The van der Waals surface area contributed by atoms with E-state index in [-0.39, 0.29) is 16.8 Å². The Morgan fingerprint density at radius 2 is 1.91 bits per heavy atom. The lowest BCUT2D eigenvalue weighted by Crippen LogP contribution is -2.02. The number of carbonyl (C=O) groups is 1. The van der Waals surface area contributed by atoms with Crippen LogP contribution in [0.5, 0.6) is 0 Å². The maximum atomic E-state index is 14.0. The van der Waals surface area contributed by atoms with E-state index in [2.05, 4.69) is 4.98 Å². The van der Waals surface area contributed by atoms with Crippen molar-refractivity contribution in [3.8, 4) is 11.3 Å². The van der Waals surface area contributed by atoms with E-state index in [9.17, 15) is 18.7 Å². The summed E-state index contributed by atoms with van der Waals surface area (Å²) in [7, 11) is 0. The number of pyridine rings is 1. The van der Waals surface area contributed by atoms with Crippen molar-refractivity contribution < 1.29 is 18.7 Å². The first-order valence-corrected chi connectivity index (χ1v) is 7.05. The third-order valence-corrected chi connectivity index (χ3v) is 4.02. The van der Waals surface area contributed by atoms with Gasteiger partial charge in [-0.15, -0.1) is 0 Å². The molecule has 116 valence electrons. The van der Waals surface area contributed by atoms with Gasteiger partial charge in [-0.25, -0.2) is 18.6 Å². The van der Waals surface area contributed by atoms with E-state index in [1.807, 2.05) is 0 Å². The van der Waals surface area contributed by atoms with Gasteiger partial charge < -0.3 is 5.11 Å². The van der Waals surface area contributed by atoms with Crippen molar-refractivity contribution in [3.63, 3.8) is 0 Å². The molecule has 0 aliphatic heterocycles. The summed E-state index contributed by atoms with van der Waals surface area (Å²) < 4.78 is 27.1. The molecule has 2 aromatic carbocycles. The van der Waals surface area contributed by atoms with E-state index >= 15 is 0 Å². The molecule has 0 spiro atoms. The molecule has 6 heteroatoms. The number of hydrogen-bond acceptors (Lipinski definition) is 2. The Kier molecular flexibility index (Phi) is 3.74. The van der Waals surface area contributed by atoms with Crippen LogP contribution in [0.1, 0.15) is 15.9 Å². The molecule has 1 N–H and O–H groups in total. The zero-order valence-corrected chi connectivity index (χ0v) is 12.7. The van der Waals surface area contributed by atoms with Crippen LogP contribution in [0, 0.1) is 18.6 Å². The van der Waals surface area contributed by atoms with Gasteiger partial charge in [0, 0.05) is 22.0 Å². The van der Waals surface area contributed by atoms with Gasteiger partial charge in [0.25, 0.3) is 0 Å². The summed E-state index contributed by atoms with van der Waals surface area (Å²) in [6, 6.07) is 7.47. The van der Waals surface area contributed by atoms with Gasteiger partial charge in [-0.1, -0.05) is 17.7 Å². The van der Waals surface area contributed by atoms with E-state index in [4.69, 9.17) is 11.6 Å². The SMILES string of the molecule is Cc1c(Cl)ccc2c(C(=O)O)cc(-c3ccc(F)cc3F)nc12. The summed E-state index contributed by atoms with van der Waals surface area (Å²) in [6.45, 7) is 1.70. The summed E-state index contributed by atoms with van der Waals surface area (Å²) in [5.74, 6) is -2.69. The van der Waals surface area contributed by atoms with E-state index < -0.39 is 17.6 Å². The van der Waals surface area contributed by atoms with Crippen molar-refractivity contribution in [1.82, 2.24) is 4.98 Å². The molecular weight excluding hydrogens is 324 g/mol. The molecule has 0 aliphatic carbocycles. The monoisotopic (exact) mass is 333 g/mol. The molecule has 0 bridgehead atoms. The molecular formula is C17H10ClF2NO2. The molecule has 3 nitrogen and oxygen atoms in total. The van der Waals surface area contributed by atoms with Crippen molar-refractivity contribution in [2.24, 2.45) is 0 Å². The summed E-state index contributed by atoms with van der Waals surface area (Å²) in [6.07, 6.45) is 0. The van der Waals surface area contributed by atoms with Gasteiger partial charge in [0.15, 0.2) is 0 Å². The molecule has 3 rings (SSSR count). The number of fused-ring (bicyclic) bond motifs is 1. The van der Waals surface area contributed by atoms with Gasteiger partial charge in [-0.2, -0.15) is 0 Å². The molecule has 0 saturated carbocycles. The van der Waals surface area contributed by atoms with Crippen LogP contribution in [0.25, 0.3) is 22.2 Å². The van der Waals surface area contributed by atoms with Gasteiger partial charge in [0.05, 0.1) is 16.8 Å². The van der Waals surface area contributed by atoms with Gasteiger partial charge in [-0.05, 0) is 36.8 Å². The van der Waals surface area contributed by atoms with E-state index in [1.165, 1.54) is 12.1 Å². The Morgan fingerprint density at radius 3 is 2.57 bits per heavy atom. The van der Waals surface area contributed by atoms with Crippen molar-refractivity contribution in [2.45, 2.75) is 6.92 Å². The molecule has 0 fully saturated rings. The minimum atomic E-state index is -1.16. The first kappa shape index (κ1) is 15.4. The average Bonchev–Trinajstić information content (AvgIpc) is 2.50. The topological polar surface area (TPSA) is 50.2 Å². The first-order chi connectivity index (χ1) is 10.9. The van der Waals surface area contributed by atoms with Crippen LogP contribution in [-0.2, 0) is 0 Å². The second kappa shape index (κ2) is 5.59. The fourth-order valence-electron chi connectivity index (χ4n) is 2.42. The average molecular weight is 334 g/mol. The lowest BCUT2D eigenvalue weighted by atomic mass is 10.0. The Morgan fingerprint density at radius 1 is 1.17 bits per heavy atom. The fraction of sp³-hybridized carbons (Fsp3) is 0.0588. The van der Waals surface area contributed by atoms with Gasteiger partial charge in [-0.3, -0.25) is 0 Å². The van der Waals surface area contributed by atoms with Crippen molar-refractivity contribution in [3.05, 3.63) is 64.2 Å². The molecule has 0 saturated heterocycles. The summed E-state index contributed by atoms with van der Waals surface area (Å²) in [5.41, 5.74) is 1.08. The normalized spacial score (nSPS) is 11.0. The molecule has 0 aliphatic rings. The molecule has 0 unspecified atom stereocenters. The number of aromatic nitrogens is 1. The van der Waals surface area contributed by atoms with Crippen LogP contribution in [0.4, 0.5) is 8.78 Å². The van der Waals surface area contributed by atoms with Crippen LogP contribution in [-0.4, -0.2) is 16.1 Å². The second-order valence-corrected chi connectivity index (χ2v) is 5.46. The van der Waals surface area contributed by atoms with Gasteiger partial charge in [0.2, 0.25) is 0 Å². The predicted octanol–water partition coefficient (Wildman–Crippen LogP) is 4.84. The number of halogens is 3. The van der Waals surface area contributed by atoms with Crippen LogP contribution >= 0.6 is 11.6 Å². The third-order valence-electron chi connectivity index (χ3n) is 3.61. The minimum absolute atomic E-state index is 0.0199. The molecule has 1 aromatic heterocycles. The molecule has 0 atom stereocenters. The van der Waals surface area contributed by atoms with Crippen molar-refractivity contribution in [1.29, 1.82) is 0 Å². The fourth-order valence-corrected chi connectivity index (χ4v) is 2.57. The Balaban J connectivity index is 2.38. The number of carboxylic acid groups (broad SMARTS) is 1. The number of aryl methyl sites for hydroxylation is 1. The summed E-state index contributed by atoms with van der Waals surface area (Å²) in [4.78, 5) is 15.8. The van der Waals surface area contributed by atoms with Gasteiger partial charge >= 0.3 is 5.97 Å². The highest BCUT2D eigenvalue weighted by molar-refractivity contribution is 6.32. The zero-order valence-electron chi connectivity index (χ0n) is 11.9. The molecule has 0 radical (unpaired) electrons. The van der Waals surface area contributed by atoms with E-state index in [0.29, 0.717) is 21.5 Å². The lowest BCUT2D eigenvalue weighted by Gasteiger charge is -2.10.